The largest absolute Gasteiger partial charge is 0.447 e. The minimum Gasteiger partial charge on any atom is -0.447 e. The molecule has 9 nitrogen and oxygen atoms in total. The molecule has 0 aromatic heterocycles. The molecule has 2 fully saturated rings. The Labute approximate surface area is 187 Å². The van der Waals surface area contributed by atoms with Gasteiger partial charge in [-0.1, -0.05) is 41.9 Å². The lowest BCUT2D eigenvalue weighted by atomic mass is 9.52. The molecule has 4 unspecified atom stereocenters. The number of fused-ring (bicyclic) bond motifs is 2. The maximum atomic E-state index is 11.3. The van der Waals surface area contributed by atoms with Gasteiger partial charge in [-0.15, -0.1) is 0 Å². The van der Waals surface area contributed by atoms with Crippen LogP contribution in [0.1, 0.15) is 30.1 Å². The number of hydrogen-bond acceptors (Lipinski definition) is 8. The number of benzene rings is 2. The molecule has 158 valence electrons. The molecule has 0 spiro atoms. The molecule has 2 heterocycles. The molecule has 2 aromatic carbocycles. The predicted molar refractivity (Wildman–Crippen MR) is 110 cm³/mol. The minimum absolute atomic E-state index is 0.0104. The third-order valence-electron chi connectivity index (χ3n) is 6.12. The molecule has 0 radical (unpaired) electrons. The molecule has 4 atom stereocenters. The maximum Gasteiger partial charge on any atom is 0.269 e. The number of non-ortho nitro benzene ring substituents is 1. The van der Waals surface area contributed by atoms with Crippen LogP contribution in [-0.4, -0.2) is 16.6 Å². The SMILES string of the molecule is CC12OC(=N)C(C#N)(C1c1ccccc1)C(C#N)(C#N)C(c1cc([N+](=O)[O-])ccc1Cl)O2. The van der Waals surface area contributed by atoms with Gasteiger partial charge in [0.25, 0.3) is 5.69 Å². The highest BCUT2D eigenvalue weighted by atomic mass is 35.5. The Morgan fingerprint density at radius 2 is 1.78 bits per heavy atom. The second-order valence-corrected chi connectivity index (χ2v) is 8.11. The van der Waals surface area contributed by atoms with Gasteiger partial charge in [-0.05, 0) is 11.6 Å². The summed E-state index contributed by atoms with van der Waals surface area (Å²) in [7, 11) is 0. The molecule has 2 aliphatic rings. The number of nitro groups is 1. The van der Waals surface area contributed by atoms with E-state index in [9.17, 15) is 25.9 Å². The van der Waals surface area contributed by atoms with Gasteiger partial charge in [-0.2, -0.15) is 15.8 Å². The molecule has 0 amide bonds. The van der Waals surface area contributed by atoms with E-state index in [1.165, 1.54) is 19.1 Å². The monoisotopic (exact) mass is 447 g/mol. The van der Waals surface area contributed by atoms with Crippen molar-refractivity contribution in [1.29, 1.82) is 21.2 Å². The van der Waals surface area contributed by atoms with Gasteiger partial charge in [0.1, 0.15) is 6.10 Å². The summed E-state index contributed by atoms with van der Waals surface area (Å²) in [6.45, 7) is 1.51. The average Bonchev–Trinajstić information content (AvgIpc) is 2.97. The van der Waals surface area contributed by atoms with Gasteiger partial charge in [0.15, 0.2) is 5.41 Å². The fraction of sp³-hybridized carbons (Fsp3) is 0.273. The van der Waals surface area contributed by atoms with Gasteiger partial charge in [0, 0.05) is 29.6 Å². The molecule has 32 heavy (non-hydrogen) atoms. The average molecular weight is 448 g/mol. The zero-order valence-electron chi connectivity index (χ0n) is 16.6. The Hall–Kier alpha value is -3.97. The van der Waals surface area contributed by atoms with Crippen molar-refractivity contribution < 1.29 is 14.4 Å². The van der Waals surface area contributed by atoms with E-state index in [0.717, 1.165) is 6.07 Å². The number of nitriles is 3. The zero-order chi connectivity index (χ0) is 23.3. The summed E-state index contributed by atoms with van der Waals surface area (Å²) < 4.78 is 11.9. The van der Waals surface area contributed by atoms with Crippen LogP contribution in [-0.2, 0) is 9.47 Å². The van der Waals surface area contributed by atoms with Gasteiger partial charge < -0.3 is 9.47 Å². The second kappa shape index (κ2) is 7.03. The third kappa shape index (κ3) is 2.48. The van der Waals surface area contributed by atoms with Crippen LogP contribution in [0.5, 0.6) is 0 Å². The summed E-state index contributed by atoms with van der Waals surface area (Å²) in [4.78, 5) is 10.7. The fourth-order valence-corrected chi connectivity index (χ4v) is 4.97. The highest BCUT2D eigenvalue weighted by molar-refractivity contribution is 6.31. The van der Waals surface area contributed by atoms with Crippen molar-refractivity contribution in [2.75, 3.05) is 0 Å². The van der Waals surface area contributed by atoms with Crippen molar-refractivity contribution in [2.24, 2.45) is 10.8 Å². The Morgan fingerprint density at radius 3 is 2.34 bits per heavy atom. The molecule has 2 aliphatic heterocycles. The van der Waals surface area contributed by atoms with E-state index in [1.807, 2.05) is 18.2 Å². The lowest BCUT2D eigenvalue weighted by molar-refractivity contribution is -0.385. The van der Waals surface area contributed by atoms with Crippen molar-refractivity contribution in [1.82, 2.24) is 0 Å². The molecule has 0 saturated carbocycles. The van der Waals surface area contributed by atoms with Crippen molar-refractivity contribution in [2.45, 2.75) is 24.7 Å². The van der Waals surface area contributed by atoms with Crippen LogP contribution in [0.4, 0.5) is 5.69 Å². The molecular formula is C22H14ClN5O4. The maximum absolute atomic E-state index is 11.3. The molecule has 0 aliphatic carbocycles. The van der Waals surface area contributed by atoms with E-state index in [4.69, 9.17) is 26.5 Å². The summed E-state index contributed by atoms with van der Waals surface area (Å²) in [5.74, 6) is -3.20. The lowest BCUT2D eigenvalue weighted by Crippen LogP contribution is -2.57. The standard InChI is InChI=1S/C22H14ClN5O4/c1-20-17(13-5-3-2-4-6-13)22(12-26,19(27)32-20)21(10-24,11-25)18(31-20)15-9-14(28(29)30)7-8-16(15)23/h2-9,17-18,27H,1H3. The number of halogens is 1. The molecule has 2 aromatic rings. The number of nitrogens with one attached hydrogen (secondary N) is 1. The van der Waals surface area contributed by atoms with E-state index in [1.54, 1.807) is 30.3 Å². The van der Waals surface area contributed by atoms with Crippen LogP contribution in [0.3, 0.4) is 0 Å². The fourth-order valence-electron chi connectivity index (χ4n) is 4.76. The first-order chi connectivity index (χ1) is 15.2. The number of nitro benzene ring substituents is 1. The van der Waals surface area contributed by atoms with E-state index in [0.29, 0.717) is 5.56 Å². The van der Waals surface area contributed by atoms with Crippen LogP contribution >= 0.6 is 11.6 Å². The molecular weight excluding hydrogens is 434 g/mol. The Bertz CT molecular complexity index is 1260. The predicted octanol–water partition coefficient (Wildman–Crippen LogP) is 4.37. The Kier molecular flexibility index (Phi) is 4.67. The van der Waals surface area contributed by atoms with Gasteiger partial charge in [-0.25, -0.2) is 0 Å². The third-order valence-corrected chi connectivity index (χ3v) is 6.47. The first kappa shape index (κ1) is 21.3. The van der Waals surface area contributed by atoms with E-state index >= 15 is 0 Å². The minimum atomic E-state index is -2.30. The van der Waals surface area contributed by atoms with Crippen LogP contribution in [0.15, 0.2) is 48.5 Å². The highest BCUT2D eigenvalue weighted by Gasteiger charge is 2.79. The van der Waals surface area contributed by atoms with Crippen molar-refractivity contribution in [3.63, 3.8) is 0 Å². The molecule has 2 bridgehead atoms. The van der Waals surface area contributed by atoms with Crippen LogP contribution < -0.4 is 0 Å². The van der Waals surface area contributed by atoms with Gasteiger partial charge in [-0.3, -0.25) is 15.5 Å². The summed E-state index contributed by atoms with van der Waals surface area (Å²) in [5.41, 5.74) is -4.17. The number of hydrogen-bond donors (Lipinski definition) is 1. The Balaban J connectivity index is 2.06. The highest BCUT2D eigenvalue weighted by Crippen LogP contribution is 2.69. The van der Waals surface area contributed by atoms with E-state index in [-0.39, 0.29) is 16.3 Å². The van der Waals surface area contributed by atoms with Crippen molar-refractivity contribution >= 4 is 23.2 Å². The first-order valence-electron chi connectivity index (χ1n) is 9.39. The van der Waals surface area contributed by atoms with Crippen LogP contribution in [0.2, 0.25) is 5.02 Å². The van der Waals surface area contributed by atoms with Crippen LogP contribution in [0, 0.1) is 60.3 Å². The van der Waals surface area contributed by atoms with Gasteiger partial charge in [0.05, 0.1) is 29.0 Å². The van der Waals surface area contributed by atoms with E-state index < -0.39 is 39.5 Å². The Morgan fingerprint density at radius 1 is 1.12 bits per heavy atom. The number of nitrogens with zero attached hydrogens (tertiary/aromatic N) is 4. The van der Waals surface area contributed by atoms with Crippen molar-refractivity contribution in [3.05, 3.63) is 74.8 Å². The normalized spacial score (nSPS) is 29.8. The first-order valence-corrected chi connectivity index (χ1v) is 9.77. The summed E-state index contributed by atoms with van der Waals surface area (Å²) >= 11 is 6.32. The van der Waals surface area contributed by atoms with Crippen molar-refractivity contribution in [3.8, 4) is 18.2 Å². The smallest absolute Gasteiger partial charge is 0.269 e. The number of rotatable bonds is 3. The summed E-state index contributed by atoms with van der Waals surface area (Å²) in [6, 6.07) is 18.0. The summed E-state index contributed by atoms with van der Waals surface area (Å²) in [6.07, 6.45) is -1.50. The lowest BCUT2D eigenvalue weighted by Gasteiger charge is -2.49. The zero-order valence-corrected chi connectivity index (χ0v) is 17.3. The topological polar surface area (TPSA) is 157 Å². The van der Waals surface area contributed by atoms with Crippen LogP contribution in [0.25, 0.3) is 0 Å². The second-order valence-electron chi connectivity index (χ2n) is 7.70. The molecule has 10 heteroatoms. The molecule has 2 saturated heterocycles. The summed E-state index contributed by atoms with van der Waals surface area (Å²) in [5, 5.41) is 50.9. The van der Waals surface area contributed by atoms with Gasteiger partial charge in [0.2, 0.25) is 17.1 Å². The van der Waals surface area contributed by atoms with Gasteiger partial charge >= 0.3 is 0 Å². The quantitative estimate of drug-likeness (QED) is 0.540. The molecule has 4 rings (SSSR count). The van der Waals surface area contributed by atoms with E-state index in [2.05, 4.69) is 0 Å². The molecule has 1 N–H and O–H groups in total. The number of ether oxygens (including phenoxy) is 2.